The van der Waals surface area contributed by atoms with E-state index >= 15 is 0 Å². The molecule has 0 unspecified atom stereocenters. The molecule has 0 radical (unpaired) electrons. The van der Waals surface area contributed by atoms with Crippen molar-refractivity contribution in [2.24, 2.45) is 5.73 Å². The summed E-state index contributed by atoms with van der Waals surface area (Å²) in [5.41, 5.74) is 8.56. The number of nitrogens with two attached hydrogens (primary N) is 1. The first kappa shape index (κ1) is 38.7. The van der Waals surface area contributed by atoms with Gasteiger partial charge in [-0.05, 0) is 79.9 Å². The lowest BCUT2D eigenvalue weighted by Crippen LogP contribution is -2.55. The Morgan fingerprint density at radius 3 is 2.34 bits per heavy atom. The SMILES string of the molecule is CN1CCN(CCCNC(=O)C[C@H](Cc2ccc(F)cc2)NC(=O)[C@@H](Cc2ccc(Cl)cc2Cl)NC(=O)[C@H](N)Cc2ccccc2C#N)CC1. The Labute approximate surface area is 303 Å². The quantitative estimate of drug-likeness (QED) is 0.166. The summed E-state index contributed by atoms with van der Waals surface area (Å²) in [5, 5.41) is 18.9. The van der Waals surface area contributed by atoms with Crippen LogP contribution in [0.25, 0.3) is 0 Å². The van der Waals surface area contributed by atoms with Gasteiger partial charge in [0.25, 0.3) is 0 Å². The maximum atomic E-state index is 14.0. The van der Waals surface area contributed by atoms with E-state index in [4.69, 9.17) is 28.9 Å². The second-order valence-corrected chi connectivity index (χ2v) is 13.5. The van der Waals surface area contributed by atoms with E-state index in [1.165, 1.54) is 12.1 Å². The van der Waals surface area contributed by atoms with Gasteiger partial charge in [0.1, 0.15) is 11.9 Å². The van der Waals surface area contributed by atoms with Crippen molar-refractivity contribution in [3.05, 3.63) is 105 Å². The molecule has 0 bridgehead atoms. The molecule has 3 aromatic rings. The number of nitriles is 1. The average molecular weight is 725 g/mol. The van der Waals surface area contributed by atoms with E-state index in [0.29, 0.717) is 33.3 Å². The van der Waals surface area contributed by atoms with Gasteiger partial charge < -0.3 is 31.5 Å². The summed E-state index contributed by atoms with van der Waals surface area (Å²) in [6.45, 7) is 5.39. The van der Waals surface area contributed by atoms with Crippen molar-refractivity contribution < 1.29 is 18.8 Å². The van der Waals surface area contributed by atoms with Gasteiger partial charge in [-0.3, -0.25) is 14.4 Å². The first-order chi connectivity index (χ1) is 24.0. The number of hydrogen-bond donors (Lipinski definition) is 4. The molecule has 3 atom stereocenters. The van der Waals surface area contributed by atoms with Crippen LogP contribution in [-0.4, -0.2) is 92.0 Å². The lowest BCUT2D eigenvalue weighted by Gasteiger charge is -2.32. The summed E-state index contributed by atoms with van der Waals surface area (Å²) in [6.07, 6.45) is 1.09. The Morgan fingerprint density at radius 2 is 1.64 bits per heavy atom. The molecule has 4 rings (SSSR count). The Balaban J connectivity index is 1.46. The molecule has 3 amide bonds. The fraction of sp³-hybridized carbons (Fsp3) is 0.405. The fourth-order valence-corrected chi connectivity index (χ4v) is 6.30. The summed E-state index contributed by atoms with van der Waals surface area (Å²) in [4.78, 5) is 45.1. The molecule has 266 valence electrons. The van der Waals surface area contributed by atoms with E-state index in [1.54, 1.807) is 54.6 Å². The van der Waals surface area contributed by atoms with Gasteiger partial charge in [0.2, 0.25) is 17.7 Å². The van der Waals surface area contributed by atoms with Gasteiger partial charge in [0, 0.05) is 61.7 Å². The van der Waals surface area contributed by atoms with Gasteiger partial charge in [-0.15, -0.1) is 0 Å². The van der Waals surface area contributed by atoms with Crippen LogP contribution in [0.2, 0.25) is 10.0 Å². The summed E-state index contributed by atoms with van der Waals surface area (Å²) in [5.74, 6) is -1.79. The third-order valence-electron chi connectivity index (χ3n) is 8.73. The van der Waals surface area contributed by atoms with Crippen LogP contribution in [0.15, 0.2) is 66.7 Å². The predicted molar refractivity (Wildman–Crippen MR) is 193 cm³/mol. The third-order valence-corrected chi connectivity index (χ3v) is 9.32. The van der Waals surface area contributed by atoms with Gasteiger partial charge in [0.15, 0.2) is 0 Å². The highest BCUT2D eigenvalue weighted by Crippen LogP contribution is 2.22. The number of benzene rings is 3. The minimum absolute atomic E-state index is 0.0107. The van der Waals surface area contributed by atoms with Crippen LogP contribution in [0, 0.1) is 17.1 Å². The fourth-order valence-electron chi connectivity index (χ4n) is 5.81. The summed E-state index contributed by atoms with van der Waals surface area (Å²) < 4.78 is 13.7. The molecule has 10 nitrogen and oxygen atoms in total. The molecule has 1 saturated heterocycles. The minimum Gasteiger partial charge on any atom is -0.356 e. The molecule has 1 aliphatic rings. The Kier molecular flexibility index (Phi) is 15.0. The highest BCUT2D eigenvalue weighted by atomic mass is 35.5. The number of carbonyl (C=O) groups excluding carboxylic acids is 3. The molecule has 0 aromatic heterocycles. The predicted octanol–water partition coefficient (Wildman–Crippen LogP) is 3.47. The number of rotatable bonds is 16. The number of piperazine rings is 1. The number of likely N-dealkylation sites (N-methyl/N-ethyl adjacent to an activating group) is 1. The van der Waals surface area contributed by atoms with Gasteiger partial charge >= 0.3 is 0 Å². The zero-order chi connectivity index (χ0) is 36.0. The number of nitrogens with one attached hydrogen (secondary N) is 3. The van der Waals surface area contributed by atoms with Crippen LogP contribution in [-0.2, 0) is 33.6 Å². The van der Waals surface area contributed by atoms with Crippen molar-refractivity contribution in [1.82, 2.24) is 25.8 Å². The van der Waals surface area contributed by atoms with Crippen LogP contribution in [0.1, 0.15) is 35.1 Å². The second kappa shape index (κ2) is 19.4. The molecular weight excluding hydrogens is 680 g/mol. The lowest BCUT2D eigenvalue weighted by atomic mass is 9.99. The molecule has 0 saturated carbocycles. The number of hydrogen-bond acceptors (Lipinski definition) is 7. The van der Waals surface area contributed by atoms with Crippen molar-refractivity contribution in [3.63, 3.8) is 0 Å². The largest absolute Gasteiger partial charge is 0.356 e. The monoisotopic (exact) mass is 723 g/mol. The summed E-state index contributed by atoms with van der Waals surface area (Å²) in [7, 11) is 2.11. The summed E-state index contributed by atoms with van der Waals surface area (Å²) in [6, 6.07) is 16.8. The molecule has 3 aromatic carbocycles. The second-order valence-electron chi connectivity index (χ2n) is 12.7. The van der Waals surface area contributed by atoms with Crippen molar-refractivity contribution in [1.29, 1.82) is 5.26 Å². The minimum atomic E-state index is -1.12. The van der Waals surface area contributed by atoms with Gasteiger partial charge in [-0.2, -0.15) is 5.26 Å². The van der Waals surface area contributed by atoms with E-state index in [-0.39, 0.29) is 31.6 Å². The molecule has 1 heterocycles. The summed E-state index contributed by atoms with van der Waals surface area (Å²) >= 11 is 12.6. The average Bonchev–Trinajstić information content (AvgIpc) is 3.09. The molecule has 1 aliphatic heterocycles. The Bertz CT molecular complexity index is 1640. The van der Waals surface area contributed by atoms with Crippen molar-refractivity contribution in [3.8, 4) is 6.07 Å². The number of nitrogens with zero attached hydrogens (tertiary/aromatic N) is 3. The maximum Gasteiger partial charge on any atom is 0.243 e. The smallest absolute Gasteiger partial charge is 0.243 e. The van der Waals surface area contributed by atoms with E-state index in [9.17, 15) is 24.0 Å². The molecule has 0 spiro atoms. The topological polar surface area (TPSA) is 144 Å². The number of carbonyl (C=O) groups is 3. The van der Waals surface area contributed by atoms with Crippen LogP contribution in [0.3, 0.4) is 0 Å². The van der Waals surface area contributed by atoms with Crippen LogP contribution in [0.5, 0.6) is 0 Å². The highest BCUT2D eigenvalue weighted by Gasteiger charge is 2.28. The zero-order valence-corrected chi connectivity index (χ0v) is 29.7. The molecule has 5 N–H and O–H groups in total. The molecule has 50 heavy (non-hydrogen) atoms. The van der Waals surface area contributed by atoms with Gasteiger partial charge in [0.05, 0.1) is 17.7 Å². The van der Waals surface area contributed by atoms with Gasteiger partial charge in [-0.1, -0.05) is 59.6 Å². The highest BCUT2D eigenvalue weighted by molar-refractivity contribution is 6.35. The van der Waals surface area contributed by atoms with E-state index in [1.807, 2.05) is 0 Å². The normalized spacial score (nSPS) is 15.4. The molecule has 1 fully saturated rings. The first-order valence-corrected chi connectivity index (χ1v) is 17.5. The number of halogens is 3. The van der Waals surface area contributed by atoms with E-state index in [2.05, 4.69) is 38.9 Å². The van der Waals surface area contributed by atoms with Crippen molar-refractivity contribution in [2.45, 2.75) is 50.2 Å². The Hall–Kier alpha value is -4.05. The van der Waals surface area contributed by atoms with Crippen molar-refractivity contribution >= 4 is 40.9 Å². The molecule has 0 aliphatic carbocycles. The standard InChI is InChI=1S/C37H44Cl2FN7O3/c1-46-15-17-47(18-16-46)14-4-13-43-35(48)23-31(19-25-7-11-30(40)12-8-25)44-37(50)34(21-27-9-10-29(38)22-32(27)39)45-36(49)33(42)20-26-5-2-3-6-28(26)24-41/h2-3,5-12,22,31,33-34H,4,13-21,23,42H2,1H3,(H,43,48)(H,44,50)(H,45,49)/t31-,33+,34+/m0/s1. The van der Waals surface area contributed by atoms with Crippen LogP contribution in [0.4, 0.5) is 4.39 Å². The van der Waals surface area contributed by atoms with E-state index < -0.39 is 35.8 Å². The van der Waals surface area contributed by atoms with E-state index in [0.717, 1.165) is 44.7 Å². The van der Waals surface area contributed by atoms with Crippen LogP contribution >= 0.6 is 23.2 Å². The zero-order valence-electron chi connectivity index (χ0n) is 28.1. The first-order valence-electron chi connectivity index (χ1n) is 16.7. The lowest BCUT2D eigenvalue weighted by molar-refractivity contribution is -0.130. The van der Waals surface area contributed by atoms with Crippen molar-refractivity contribution in [2.75, 3.05) is 46.3 Å². The third kappa shape index (κ3) is 12.4. The van der Waals surface area contributed by atoms with Crippen LogP contribution < -0.4 is 21.7 Å². The van der Waals surface area contributed by atoms with Gasteiger partial charge in [-0.25, -0.2) is 4.39 Å². The maximum absolute atomic E-state index is 14.0. The number of amides is 3. The molecular formula is C37H44Cl2FN7O3. The Morgan fingerprint density at radius 1 is 0.920 bits per heavy atom. The molecule has 13 heteroatoms.